The predicted molar refractivity (Wildman–Crippen MR) is 61.3 cm³/mol. The van der Waals surface area contributed by atoms with Crippen LogP contribution in [-0.4, -0.2) is 11.6 Å². The number of amides is 2. The molecule has 0 unspecified atom stereocenters. The molecule has 0 spiro atoms. The number of carbonyl (C=O) groups is 1. The third kappa shape index (κ3) is 2.41. The zero-order valence-electron chi connectivity index (χ0n) is 9.28. The second kappa shape index (κ2) is 3.98. The van der Waals surface area contributed by atoms with E-state index in [-0.39, 0.29) is 6.03 Å². The average Bonchev–Trinajstić information content (AvgIpc) is 2.39. The van der Waals surface area contributed by atoms with Crippen LogP contribution in [0.1, 0.15) is 19.4 Å². The fraction of sp³-hybridized carbons (Fsp3) is 0.250. The lowest BCUT2D eigenvalue weighted by atomic mass is 10.0. The summed E-state index contributed by atoms with van der Waals surface area (Å²) in [5, 5.41) is 2.74. The Hall–Kier alpha value is -1.81. The van der Waals surface area contributed by atoms with Gasteiger partial charge < -0.3 is 5.32 Å². The number of benzene rings is 1. The molecular weight excluding hydrogens is 204 g/mol. The molecule has 2 amide bonds. The first-order chi connectivity index (χ1) is 7.57. The van der Waals surface area contributed by atoms with Crippen LogP contribution in [0.15, 0.2) is 36.4 Å². The van der Waals surface area contributed by atoms with Gasteiger partial charge in [0.1, 0.15) is 5.60 Å². The summed E-state index contributed by atoms with van der Waals surface area (Å²) in [5.74, 6) is 0. The van der Waals surface area contributed by atoms with Gasteiger partial charge in [0.25, 0.3) is 0 Å². The molecule has 4 heteroatoms. The molecule has 0 atom stereocenters. The van der Waals surface area contributed by atoms with Crippen molar-refractivity contribution in [2.75, 3.05) is 0 Å². The van der Waals surface area contributed by atoms with Crippen molar-refractivity contribution in [1.82, 2.24) is 10.8 Å². The van der Waals surface area contributed by atoms with Gasteiger partial charge in [0.15, 0.2) is 0 Å². The summed E-state index contributed by atoms with van der Waals surface area (Å²) in [5.41, 5.74) is 3.50. The zero-order chi connectivity index (χ0) is 11.6. The number of urea groups is 1. The lowest BCUT2D eigenvalue weighted by molar-refractivity contribution is -0.0302. The van der Waals surface area contributed by atoms with Crippen LogP contribution in [0.2, 0.25) is 0 Å². The van der Waals surface area contributed by atoms with Gasteiger partial charge in [0.05, 0.1) is 0 Å². The monoisotopic (exact) mass is 218 g/mol. The molecule has 1 aliphatic rings. The summed E-state index contributed by atoms with van der Waals surface area (Å²) in [7, 11) is 0. The third-order valence-electron chi connectivity index (χ3n) is 2.23. The summed E-state index contributed by atoms with van der Waals surface area (Å²) in [6, 6.07) is 9.30. The Labute approximate surface area is 94.3 Å². The number of hydrogen-bond acceptors (Lipinski definition) is 2. The van der Waals surface area contributed by atoms with Crippen LogP contribution in [0.25, 0.3) is 5.70 Å². The van der Waals surface area contributed by atoms with Gasteiger partial charge in [0, 0.05) is 5.70 Å². The van der Waals surface area contributed by atoms with Crippen molar-refractivity contribution in [2.45, 2.75) is 19.4 Å². The Morgan fingerprint density at radius 3 is 2.56 bits per heavy atom. The molecule has 0 saturated carbocycles. The van der Waals surface area contributed by atoms with Gasteiger partial charge in [-0.3, -0.25) is 4.84 Å². The molecule has 1 heterocycles. The van der Waals surface area contributed by atoms with Crippen LogP contribution >= 0.6 is 0 Å². The lowest BCUT2D eigenvalue weighted by Gasteiger charge is -2.17. The fourth-order valence-electron chi connectivity index (χ4n) is 1.51. The highest BCUT2D eigenvalue weighted by Crippen LogP contribution is 2.20. The van der Waals surface area contributed by atoms with E-state index in [2.05, 4.69) is 10.8 Å². The summed E-state index contributed by atoms with van der Waals surface area (Å²) < 4.78 is 0. The van der Waals surface area contributed by atoms with Gasteiger partial charge in [-0.25, -0.2) is 10.3 Å². The minimum Gasteiger partial charge on any atom is -0.306 e. The first kappa shape index (κ1) is 10.7. The number of rotatable bonds is 1. The van der Waals surface area contributed by atoms with Gasteiger partial charge in [-0.05, 0) is 25.5 Å². The second-order valence-electron chi connectivity index (χ2n) is 4.19. The van der Waals surface area contributed by atoms with Gasteiger partial charge >= 0.3 is 6.03 Å². The molecule has 2 rings (SSSR count). The second-order valence-corrected chi connectivity index (χ2v) is 4.19. The molecule has 2 N–H and O–H groups in total. The lowest BCUT2D eigenvalue weighted by Crippen LogP contribution is -2.35. The van der Waals surface area contributed by atoms with E-state index in [0.29, 0.717) is 0 Å². The number of carbonyl (C=O) groups excluding carboxylic acids is 1. The Morgan fingerprint density at radius 2 is 1.88 bits per heavy atom. The van der Waals surface area contributed by atoms with Crippen molar-refractivity contribution in [1.29, 1.82) is 0 Å². The number of hydroxylamine groups is 1. The van der Waals surface area contributed by atoms with E-state index < -0.39 is 5.60 Å². The first-order valence-electron chi connectivity index (χ1n) is 5.10. The first-order valence-corrected chi connectivity index (χ1v) is 5.10. The normalized spacial score (nSPS) is 19.1. The predicted octanol–water partition coefficient (Wildman–Crippen LogP) is 2.05. The number of nitrogens with one attached hydrogen (secondary N) is 2. The highest BCUT2D eigenvalue weighted by Gasteiger charge is 2.23. The molecule has 1 aromatic rings. The molecule has 0 fully saturated rings. The molecule has 0 bridgehead atoms. The molecule has 0 radical (unpaired) electrons. The Bertz CT molecular complexity index is 424. The molecule has 0 aromatic heterocycles. The van der Waals surface area contributed by atoms with Crippen molar-refractivity contribution < 1.29 is 9.63 Å². The SMILES string of the molecule is CC1(C)C=C(c2ccccc2)NC(=O)NO1. The Kier molecular flexibility index (Phi) is 2.66. The quantitative estimate of drug-likeness (QED) is 0.758. The third-order valence-corrected chi connectivity index (χ3v) is 2.23. The van der Waals surface area contributed by atoms with Crippen LogP contribution in [-0.2, 0) is 4.84 Å². The van der Waals surface area contributed by atoms with Gasteiger partial charge in [-0.15, -0.1) is 0 Å². The minimum atomic E-state index is -0.537. The highest BCUT2D eigenvalue weighted by molar-refractivity contribution is 5.85. The maximum atomic E-state index is 11.4. The van der Waals surface area contributed by atoms with Crippen LogP contribution < -0.4 is 10.8 Å². The number of hydrogen-bond donors (Lipinski definition) is 2. The van der Waals surface area contributed by atoms with E-state index in [0.717, 1.165) is 11.3 Å². The Balaban J connectivity index is 2.37. The van der Waals surface area contributed by atoms with Crippen molar-refractivity contribution >= 4 is 11.7 Å². The van der Waals surface area contributed by atoms with Gasteiger partial charge in [-0.2, -0.15) is 0 Å². The summed E-state index contributed by atoms with van der Waals surface area (Å²) in [6.45, 7) is 3.76. The standard InChI is InChI=1S/C12H14N2O2/c1-12(2)8-10(13-11(15)14-16-12)9-6-4-3-5-7-9/h3-8H,1-2H3,(H2,13,14,15). The molecule has 1 aliphatic heterocycles. The molecule has 16 heavy (non-hydrogen) atoms. The highest BCUT2D eigenvalue weighted by atomic mass is 16.7. The van der Waals surface area contributed by atoms with Crippen LogP contribution in [0.4, 0.5) is 4.79 Å². The van der Waals surface area contributed by atoms with Crippen molar-refractivity contribution in [3.05, 3.63) is 42.0 Å². The maximum Gasteiger partial charge on any atom is 0.343 e. The smallest absolute Gasteiger partial charge is 0.306 e. The molecule has 0 aliphatic carbocycles. The Morgan fingerprint density at radius 1 is 1.19 bits per heavy atom. The van der Waals surface area contributed by atoms with E-state index >= 15 is 0 Å². The van der Waals surface area contributed by atoms with Crippen molar-refractivity contribution in [3.63, 3.8) is 0 Å². The van der Waals surface area contributed by atoms with Crippen molar-refractivity contribution in [2.24, 2.45) is 0 Å². The summed E-state index contributed by atoms with van der Waals surface area (Å²) >= 11 is 0. The molecular formula is C12H14N2O2. The van der Waals surface area contributed by atoms with E-state index in [1.807, 2.05) is 50.3 Å². The van der Waals surface area contributed by atoms with Crippen LogP contribution in [0, 0.1) is 0 Å². The zero-order valence-corrected chi connectivity index (χ0v) is 9.28. The molecule has 1 aromatic carbocycles. The largest absolute Gasteiger partial charge is 0.343 e. The van der Waals surface area contributed by atoms with E-state index in [1.165, 1.54) is 0 Å². The summed E-state index contributed by atoms with van der Waals surface area (Å²) in [6.07, 6.45) is 1.88. The van der Waals surface area contributed by atoms with Gasteiger partial charge in [0.2, 0.25) is 0 Å². The maximum absolute atomic E-state index is 11.4. The van der Waals surface area contributed by atoms with E-state index in [9.17, 15) is 4.79 Å². The van der Waals surface area contributed by atoms with Crippen molar-refractivity contribution in [3.8, 4) is 0 Å². The summed E-state index contributed by atoms with van der Waals surface area (Å²) in [4.78, 5) is 16.6. The minimum absolute atomic E-state index is 0.360. The molecule has 4 nitrogen and oxygen atoms in total. The molecule has 84 valence electrons. The van der Waals surface area contributed by atoms with Crippen LogP contribution in [0.3, 0.4) is 0 Å². The van der Waals surface area contributed by atoms with E-state index in [4.69, 9.17) is 4.84 Å². The van der Waals surface area contributed by atoms with Crippen LogP contribution in [0.5, 0.6) is 0 Å². The fourth-order valence-corrected chi connectivity index (χ4v) is 1.51. The van der Waals surface area contributed by atoms with E-state index in [1.54, 1.807) is 0 Å². The topological polar surface area (TPSA) is 50.4 Å². The van der Waals surface area contributed by atoms with Gasteiger partial charge in [-0.1, -0.05) is 30.3 Å². The molecule has 0 saturated heterocycles. The average molecular weight is 218 g/mol.